The average molecular weight is 583 g/mol. The van der Waals surface area contributed by atoms with Crippen LogP contribution < -0.4 is 5.32 Å². The van der Waals surface area contributed by atoms with E-state index in [0.29, 0.717) is 30.0 Å². The molecule has 39 heavy (non-hydrogen) atoms. The number of likely N-dealkylation sites (tertiary alicyclic amines) is 1. The maximum atomic E-state index is 13.8. The molecule has 3 aromatic carbocycles. The summed E-state index contributed by atoms with van der Waals surface area (Å²) in [6, 6.07) is 29.3. The largest absolute Gasteiger partial charge is 0.507 e. The molecule has 1 aliphatic heterocycles. The summed E-state index contributed by atoms with van der Waals surface area (Å²) in [5.74, 6) is 0.781. The van der Waals surface area contributed by atoms with Gasteiger partial charge in [-0.3, -0.25) is 4.79 Å². The molecule has 0 atom stereocenters. The summed E-state index contributed by atoms with van der Waals surface area (Å²) < 4.78 is 2.54. The van der Waals surface area contributed by atoms with Gasteiger partial charge in [-0.05, 0) is 52.0 Å². The summed E-state index contributed by atoms with van der Waals surface area (Å²) >= 11 is 3.55. The van der Waals surface area contributed by atoms with Crippen molar-refractivity contribution >= 4 is 33.3 Å². The van der Waals surface area contributed by atoms with Crippen LogP contribution in [0, 0.1) is 0 Å². The molecule has 1 amide bonds. The number of carbonyl (C=O) groups excluding carboxylic acids is 1. The van der Waals surface area contributed by atoms with Gasteiger partial charge in [0, 0.05) is 30.8 Å². The molecule has 196 valence electrons. The lowest BCUT2D eigenvalue weighted by atomic mass is 9.89. The van der Waals surface area contributed by atoms with Gasteiger partial charge in [0.25, 0.3) is 0 Å². The van der Waals surface area contributed by atoms with Gasteiger partial charge in [-0.1, -0.05) is 72.8 Å². The Morgan fingerprint density at radius 2 is 1.54 bits per heavy atom. The zero-order valence-corrected chi connectivity index (χ0v) is 22.8. The molecule has 5 aromatic rings. The van der Waals surface area contributed by atoms with Crippen molar-refractivity contribution in [3.05, 3.63) is 113 Å². The first kappa shape index (κ1) is 25.1. The molecule has 3 heterocycles. The molecule has 6 rings (SSSR count). The highest BCUT2D eigenvalue weighted by atomic mass is 79.9. The number of nitrogens with zero attached hydrogens (tertiary/aromatic N) is 4. The van der Waals surface area contributed by atoms with E-state index >= 15 is 0 Å². The monoisotopic (exact) mass is 581 g/mol. The summed E-state index contributed by atoms with van der Waals surface area (Å²) in [6.45, 7) is 1.33. The van der Waals surface area contributed by atoms with Crippen LogP contribution in [0.4, 0.5) is 5.82 Å². The van der Waals surface area contributed by atoms with E-state index in [9.17, 15) is 9.90 Å². The molecule has 0 bridgehead atoms. The molecule has 1 aliphatic rings. The number of phenolic OH excluding ortho intramolecular Hbond substituents is 1. The first-order chi connectivity index (χ1) is 19.1. The standard InChI is InChI=1S/C31H28BrN5O2/c32-25-20-33-37-28(19-26(35-30(25)37)24-13-7-8-14-27(24)38)34-23-15-17-36(18-16-23)31(39)29(21-9-3-1-4-10-21)22-11-5-2-6-12-22/h1-14,19-20,23,29,34,38H,15-18H2. The van der Waals surface area contributed by atoms with Gasteiger partial charge in [-0.2, -0.15) is 9.61 Å². The molecule has 0 unspecified atom stereocenters. The summed E-state index contributed by atoms with van der Waals surface area (Å²) in [7, 11) is 0. The van der Waals surface area contributed by atoms with Crippen LogP contribution in [0.25, 0.3) is 16.9 Å². The Morgan fingerprint density at radius 1 is 0.923 bits per heavy atom. The van der Waals surface area contributed by atoms with Gasteiger partial charge in [0.05, 0.1) is 22.3 Å². The Hall–Kier alpha value is -4.17. The Kier molecular flexibility index (Phi) is 7.02. The SMILES string of the molecule is O=C(C(c1ccccc1)c1ccccc1)N1CCC(Nc2cc(-c3ccccc3O)nc3c(Br)cnn23)CC1. The lowest BCUT2D eigenvalue weighted by molar-refractivity contribution is -0.132. The van der Waals surface area contributed by atoms with Crippen molar-refractivity contribution in [1.29, 1.82) is 0 Å². The predicted molar refractivity (Wildman–Crippen MR) is 156 cm³/mol. The second kappa shape index (κ2) is 10.9. The quantitative estimate of drug-likeness (QED) is 0.253. The minimum atomic E-state index is -0.320. The minimum absolute atomic E-state index is 0.134. The van der Waals surface area contributed by atoms with Crippen molar-refractivity contribution in [3.8, 4) is 17.0 Å². The molecule has 2 aromatic heterocycles. The molecular formula is C31H28BrN5O2. The number of carbonyl (C=O) groups is 1. The highest BCUT2D eigenvalue weighted by Gasteiger charge is 2.30. The van der Waals surface area contributed by atoms with E-state index in [4.69, 9.17) is 4.98 Å². The lowest BCUT2D eigenvalue weighted by Crippen LogP contribution is -2.44. The normalized spacial score (nSPS) is 14.2. The first-order valence-electron chi connectivity index (χ1n) is 13.1. The number of phenols is 1. The number of halogens is 1. The Balaban J connectivity index is 1.21. The van der Waals surface area contributed by atoms with Gasteiger partial charge >= 0.3 is 0 Å². The van der Waals surface area contributed by atoms with E-state index in [1.54, 1.807) is 22.8 Å². The zero-order valence-electron chi connectivity index (χ0n) is 21.2. The number of piperidine rings is 1. The Morgan fingerprint density at radius 3 is 2.18 bits per heavy atom. The molecule has 0 aliphatic carbocycles. The Labute approximate surface area is 235 Å². The highest BCUT2D eigenvalue weighted by Crippen LogP contribution is 2.32. The fourth-order valence-electron chi connectivity index (χ4n) is 5.27. The maximum absolute atomic E-state index is 13.8. The smallest absolute Gasteiger partial charge is 0.234 e. The van der Waals surface area contributed by atoms with E-state index < -0.39 is 0 Å². The molecule has 1 saturated heterocycles. The molecule has 0 spiro atoms. The summed E-state index contributed by atoms with van der Waals surface area (Å²) in [5.41, 5.74) is 4.00. The third kappa shape index (κ3) is 5.12. The third-order valence-corrected chi connectivity index (χ3v) is 7.84. The number of rotatable bonds is 6. The number of nitrogens with one attached hydrogen (secondary N) is 1. The van der Waals surface area contributed by atoms with Crippen molar-refractivity contribution in [2.24, 2.45) is 0 Å². The molecule has 0 radical (unpaired) electrons. The van der Waals surface area contributed by atoms with Crippen LogP contribution in [0.15, 0.2) is 102 Å². The summed E-state index contributed by atoms with van der Waals surface area (Å²) in [4.78, 5) is 20.6. The van der Waals surface area contributed by atoms with Crippen LogP contribution in [0.3, 0.4) is 0 Å². The van der Waals surface area contributed by atoms with Crippen LogP contribution in [0.2, 0.25) is 0 Å². The molecular weight excluding hydrogens is 554 g/mol. The van der Waals surface area contributed by atoms with Gasteiger partial charge in [0.1, 0.15) is 11.6 Å². The van der Waals surface area contributed by atoms with Crippen LogP contribution >= 0.6 is 15.9 Å². The van der Waals surface area contributed by atoms with E-state index in [0.717, 1.165) is 34.3 Å². The van der Waals surface area contributed by atoms with Crippen molar-refractivity contribution in [2.45, 2.75) is 24.8 Å². The first-order valence-corrected chi connectivity index (χ1v) is 13.9. The maximum Gasteiger partial charge on any atom is 0.234 e. The van der Waals surface area contributed by atoms with Crippen molar-refractivity contribution in [1.82, 2.24) is 19.5 Å². The van der Waals surface area contributed by atoms with E-state index in [-0.39, 0.29) is 23.6 Å². The number of aromatic nitrogens is 3. The number of para-hydroxylation sites is 1. The van der Waals surface area contributed by atoms with Gasteiger partial charge in [-0.15, -0.1) is 0 Å². The molecule has 2 N–H and O–H groups in total. The molecule has 1 fully saturated rings. The van der Waals surface area contributed by atoms with Crippen molar-refractivity contribution in [2.75, 3.05) is 18.4 Å². The highest BCUT2D eigenvalue weighted by molar-refractivity contribution is 9.10. The van der Waals surface area contributed by atoms with E-state index in [2.05, 4.69) is 26.3 Å². The Bertz CT molecular complexity index is 1560. The third-order valence-electron chi connectivity index (χ3n) is 7.28. The van der Waals surface area contributed by atoms with Crippen molar-refractivity contribution in [3.63, 3.8) is 0 Å². The number of aromatic hydroxyl groups is 1. The number of hydrogen-bond donors (Lipinski definition) is 2. The van der Waals surface area contributed by atoms with Crippen LogP contribution in [0.5, 0.6) is 5.75 Å². The second-order valence-electron chi connectivity index (χ2n) is 9.77. The van der Waals surface area contributed by atoms with Gasteiger partial charge in [-0.25, -0.2) is 4.98 Å². The van der Waals surface area contributed by atoms with Gasteiger partial charge in [0.2, 0.25) is 5.91 Å². The summed E-state index contributed by atoms with van der Waals surface area (Å²) in [5, 5.41) is 18.6. The predicted octanol–water partition coefficient (Wildman–Crippen LogP) is 6.10. The van der Waals surface area contributed by atoms with E-state index in [1.165, 1.54) is 0 Å². The fourth-order valence-corrected chi connectivity index (χ4v) is 5.62. The zero-order chi connectivity index (χ0) is 26.8. The van der Waals surface area contributed by atoms with Crippen molar-refractivity contribution < 1.29 is 9.90 Å². The number of amides is 1. The number of anilines is 1. The molecule has 8 heteroatoms. The number of fused-ring (bicyclic) bond motifs is 1. The van der Waals surface area contributed by atoms with E-state index in [1.807, 2.05) is 83.8 Å². The molecule has 7 nitrogen and oxygen atoms in total. The van der Waals surface area contributed by atoms with Crippen LogP contribution in [0.1, 0.15) is 29.9 Å². The second-order valence-corrected chi connectivity index (χ2v) is 10.6. The molecule has 0 saturated carbocycles. The van der Waals surface area contributed by atoms with Crippen LogP contribution in [-0.4, -0.2) is 49.6 Å². The van der Waals surface area contributed by atoms with Gasteiger partial charge in [0.15, 0.2) is 5.65 Å². The average Bonchev–Trinajstić information content (AvgIpc) is 3.35. The number of benzene rings is 3. The topological polar surface area (TPSA) is 82.8 Å². The fraction of sp³-hybridized carbons (Fsp3) is 0.194. The summed E-state index contributed by atoms with van der Waals surface area (Å²) in [6.07, 6.45) is 3.33. The lowest BCUT2D eigenvalue weighted by Gasteiger charge is -2.35. The van der Waals surface area contributed by atoms with Gasteiger partial charge < -0.3 is 15.3 Å². The van der Waals surface area contributed by atoms with Crippen LogP contribution in [-0.2, 0) is 4.79 Å². The minimum Gasteiger partial charge on any atom is -0.507 e. The number of hydrogen-bond acceptors (Lipinski definition) is 5.